The van der Waals surface area contributed by atoms with Crippen LogP contribution in [-0.4, -0.2) is 29.4 Å². The van der Waals surface area contributed by atoms with Crippen LogP contribution in [0.1, 0.15) is 104 Å². The molecule has 0 heterocycles. The van der Waals surface area contributed by atoms with Crippen molar-refractivity contribution in [3.63, 3.8) is 0 Å². The Morgan fingerprint density at radius 3 is 1.61 bits per heavy atom. The number of aliphatic hydroxyl groups is 1. The number of unbranched alkanes of at least 4 members (excludes halogenated alkanes) is 7. The summed E-state index contributed by atoms with van der Waals surface area (Å²) in [4.78, 5) is 0. The molecule has 0 aromatic rings. The van der Waals surface area contributed by atoms with Gasteiger partial charge < -0.3 is 5.11 Å². The average Bonchev–Trinajstić information content (AvgIpc) is 2.47. The van der Waals surface area contributed by atoms with E-state index in [-0.39, 0.29) is 6.10 Å². The molecule has 23 heavy (non-hydrogen) atoms. The molecule has 0 aliphatic rings. The molecule has 0 aromatic carbocycles. The van der Waals surface area contributed by atoms with E-state index < -0.39 is 15.4 Å². The summed E-state index contributed by atoms with van der Waals surface area (Å²) in [5.74, 6) is 0. The average molecular weight is 351 g/mol. The zero-order valence-electron chi connectivity index (χ0n) is 15.2. The maximum atomic E-state index is 11.5. The summed E-state index contributed by atoms with van der Waals surface area (Å²) < 4.78 is 32.3. The smallest absolute Gasteiger partial charge is 0.267 e. The van der Waals surface area contributed by atoms with Gasteiger partial charge >= 0.3 is 0 Å². The normalized spacial score (nSPS) is 14.8. The predicted octanol–water partition coefficient (Wildman–Crippen LogP) is 5.10. The molecule has 140 valence electrons. The lowest BCUT2D eigenvalue weighted by Gasteiger charge is -2.14. The highest BCUT2D eigenvalue weighted by Gasteiger charge is 2.21. The van der Waals surface area contributed by atoms with Crippen LogP contribution in [-0.2, 0) is 10.1 Å². The largest absolute Gasteiger partial charge is 0.393 e. The van der Waals surface area contributed by atoms with Crippen LogP contribution in [0.4, 0.5) is 0 Å². The van der Waals surface area contributed by atoms with Crippen molar-refractivity contribution in [2.75, 3.05) is 0 Å². The molecule has 0 fully saturated rings. The van der Waals surface area contributed by atoms with Crippen molar-refractivity contribution in [2.24, 2.45) is 0 Å². The fourth-order valence-corrected chi connectivity index (χ4v) is 3.93. The monoisotopic (exact) mass is 350 g/mol. The first kappa shape index (κ1) is 22.9. The van der Waals surface area contributed by atoms with Gasteiger partial charge in [0, 0.05) is 0 Å². The van der Waals surface area contributed by atoms with Crippen molar-refractivity contribution in [2.45, 2.75) is 115 Å². The summed E-state index contributed by atoms with van der Waals surface area (Å²) in [6.07, 6.45) is 12.9. The molecule has 0 saturated carbocycles. The highest BCUT2D eigenvalue weighted by atomic mass is 32.2. The third-order valence-corrected chi connectivity index (χ3v) is 5.80. The lowest BCUT2D eigenvalue weighted by molar-refractivity contribution is 0.150. The lowest BCUT2D eigenvalue weighted by Crippen LogP contribution is -2.20. The predicted molar refractivity (Wildman–Crippen MR) is 97.3 cm³/mol. The van der Waals surface area contributed by atoms with E-state index in [0.29, 0.717) is 12.8 Å². The van der Waals surface area contributed by atoms with E-state index >= 15 is 0 Å². The van der Waals surface area contributed by atoms with E-state index in [1.807, 2.05) is 0 Å². The Balaban J connectivity index is 3.81. The lowest BCUT2D eigenvalue weighted by atomic mass is 10.0. The van der Waals surface area contributed by atoms with Crippen LogP contribution in [0.15, 0.2) is 0 Å². The molecule has 2 N–H and O–H groups in total. The Bertz CT molecular complexity index is 354. The van der Waals surface area contributed by atoms with Crippen molar-refractivity contribution in [3.05, 3.63) is 0 Å². The molecule has 0 aromatic heterocycles. The number of aliphatic hydroxyl groups excluding tert-OH is 1. The van der Waals surface area contributed by atoms with Crippen molar-refractivity contribution in [1.29, 1.82) is 0 Å². The second-order valence-corrected chi connectivity index (χ2v) is 8.47. The Labute approximate surface area is 143 Å². The minimum atomic E-state index is -3.91. The van der Waals surface area contributed by atoms with Crippen LogP contribution in [0, 0.1) is 0 Å². The molecule has 0 amide bonds. The van der Waals surface area contributed by atoms with Crippen LogP contribution in [0.5, 0.6) is 0 Å². The molecule has 5 heteroatoms. The zero-order valence-corrected chi connectivity index (χ0v) is 16.0. The van der Waals surface area contributed by atoms with Crippen molar-refractivity contribution in [3.8, 4) is 0 Å². The second-order valence-electron chi connectivity index (χ2n) is 6.77. The van der Waals surface area contributed by atoms with E-state index in [4.69, 9.17) is 0 Å². The summed E-state index contributed by atoms with van der Waals surface area (Å²) in [6, 6.07) is 0. The van der Waals surface area contributed by atoms with Gasteiger partial charge in [0.25, 0.3) is 10.1 Å². The van der Waals surface area contributed by atoms with Gasteiger partial charge in [-0.05, 0) is 25.7 Å². The fraction of sp³-hybridized carbons (Fsp3) is 1.00. The summed E-state index contributed by atoms with van der Waals surface area (Å²) in [6.45, 7) is 4.23. The van der Waals surface area contributed by atoms with E-state index in [1.54, 1.807) is 0 Å². The van der Waals surface area contributed by atoms with Crippen molar-refractivity contribution < 1.29 is 18.1 Å². The molecule has 0 radical (unpaired) electrons. The van der Waals surface area contributed by atoms with E-state index in [2.05, 4.69) is 13.8 Å². The van der Waals surface area contributed by atoms with Crippen molar-refractivity contribution in [1.82, 2.24) is 0 Å². The Morgan fingerprint density at radius 1 is 0.696 bits per heavy atom. The molecule has 0 aliphatic carbocycles. The zero-order chi connectivity index (χ0) is 17.6. The van der Waals surface area contributed by atoms with Gasteiger partial charge in [-0.2, -0.15) is 8.42 Å². The van der Waals surface area contributed by atoms with Crippen LogP contribution in [0.3, 0.4) is 0 Å². The first-order valence-electron chi connectivity index (χ1n) is 9.56. The van der Waals surface area contributed by atoms with Crippen LogP contribution in [0.25, 0.3) is 0 Å². The summed E-state index contributed by atoms with van der Waals surface area (Å²) in [5.41, 5.74) is 0. The molecular weight excluding hydrogens is 312 g/mol. The van der Waals surface area contributed by atoms with Crippen molar-refractivity contribution >= 4 is 10.1 Å². The summed E-state index contributed by atoms with van der Waals surface area (Å²) in [7, 11) is -3.91. The Morgan fingerprint density at radius 2 is 1.17 bits per heavy atom. The summed E-state index contributed by atoms with van der Waals surface area (Å²) >= 11 is 0. The van der Waals surface area contributed by atoms with Gasteiger partial charge in [-0.15, -0.1) is 0 Å². The maximum Gasteiger partial charge on any atom is 0.267 e. The number of hydrogen-bond acceptors (Lipinski definition) is 3. The van der Waals surface area contributed by atoms with E-state index in [9.17, 15) is 18.1 Å². The minimum absolute atomic E-state index is 0.186. The van der Waals surface area contributed by atoms with Gasteiger partial charge in [0.1, 0.15) is 0 Å². The van der Waals surface area contributed by atoms with Crippen LogP contribution in [0.2, 0.25) is 0 Å². The number of hydrogen-bond donors (Lipinski definition) is 2. The second kappa shape index (κ2) is 14.2. The molecule has 0 spiro atoms. The van der Waals surface area contributed by atoms with Gasteiger partial charge in [0.05, 0.1) is 11.4 Å². The molecule has 0 aliphatic heterocycles. The highest BCUT2D eigenvalue weighted by Crippen LogP contribution is 2.19. The molecule has 2 atom stereocenters. The van der Waals surface area contributed by atoms with Crippen LogP contribution < -0.4 is 0 Å². The SMILES string of the molecule is CCCCCCCC(CCCCCCC(O)CCC)S(=O)(=O)O. The minimum Gasteiger partial charge on any atom is -0.393 e. The quantitative estimate of drug-likeness (QED) is 0.300. The molecule has 0 bridgehead atoms. The van der Waals surface area contributed by atoms with Gasteiger partial charge in [-0.25, -0.2) is 0 Å². The Hall–Kier alpha value is -0.130. The Kier molecular flexibility index (Phi) is 14.2. The maximum absolute atomic E-state index is 11.5. The fourth-order valence-electron chi connectivity index (χ4n) is 3.00. The van der Waals surface area contributed by atoms with Gasteiger partial charge in [-0.1, -0.05) is 78.1 Å². The first-order chi connectivity index (χ1) is 10.9. The van der Waals surface area contributed by atoms with E-state index in [0.717, 1.165) is 64.2 Å². The van der Waals surface area contributed by atoms with Gasteiger partial charge in [0.2, 0.25) is 0 Å². The summed E-state index contributed by atoms with van der Waals surface area (Å²) in [5, 5.41) is 9.06. The molecule has 4 nitrogen and oxygen atoms in total. The van der Waals surface area contributed by atoms with E-state index in [1.165, 1.54) is 12.8 Å². The molecule has 0 saturated heterocycles. The highest BCUT2D eigenvalue weighted by molar-refractivity contribution is 7.86. The molecule has 2 unspecified atom stereocenters. The van der Waals surface area contributed by atoms with Gasteiger partial charge in [-0.3, -0.25) is 4.55 Å². The van der Waals surface area contributed by atoms with Gasteiger partial charge in [0.15, 0.2) is 0 Å². The molecule has 0 rings (SSSR count). The third kappa shape index (κ3) is 14.0. The standard InChI is InChI=1S/C18H38O4S/c1-3-5-6-7-11-15-18(23(20,21)22)16-12-9-8-10-14-17(19)13-4-2/h17-19H,3-16H2,1-2H3,(H,20,21,22). The third-order valence-electron chi connectivity index (χ3n) is 4.49. The van der Waals surface area contributed by atoms with Crippen LogP contribution >= 0.6 is 0 Å². The first-order valence-corrected chi connectivity index (χ1v) is 11.1. The number of rotatable bonds is 16. The molecular formula is C18H38O4S. The topological polar surface area (TPSA) is 74.6 Å².